The first-order valence-corrected chi connectivity index (χ1v) is 11.4. The van der Waals surface area contributed by atoms with Crippen molar-refractivity contribution in [3.05, 3.63) is 53.5 Å². The molecule has 3 N–H and O–H groups in total. The molecule has 1 saturated carbocycles. The van der Waals surface area contributed by atoms with Crippen LogP contribution in [0.4, 0.5) is 5.69 Å². The molecule has 170 valence electrons. The Hall–Kier alpha value is -2.77. The molecule has 1 aliphatic carbocycles. The third kappa shape index (κ3) is 4.84. The number of pyridine rings is 1. The number of aryl methyl sites for hydroxylation is 1. The van der Waals surface area contributed by atoms with Crippen LogP contribution in [0, 0.1) is 12.8 Å². The Bertz CT molecular complexity index is 1110. The predicted molar refractivity (Wildman–Crippen MR) is 125 cm³/mol. The highest BCUT2D eigenvalue weighted by Crippen LogP contribution is 2.36. The van der Waals surface area contributed by atoms with E-state index < -0.39 is 5.60 Å². The molecular formula is C25H32N4O3. The molecule has 1 aliphatic rings. The van der Waals surface area contributed by atoms with E-state index in [9.17, 15) is 15.0 Å². The van der Waals surface area contributed by atoms with Crippen molar-refractivity contribution < 1.29 is 15.0 Å². The Morgan fingerprint density at radius 1 is 1.22 bits per heavy atom. The largest absolute Gasteiger partial charge is 0.396 e. The molecule has 0 unspecified atom stereocenters. The summed E-state index contributed by atoms with van der Waals surface area (Å²) >= 11 is 0. The first-order chi connectivity index (χ1) is 15.2. The average molecular weight is 437 g/mol. The molecular weight excluding hydrogens is 404 g/mol. The predicted octanol–water partition coefficient (Wildman–Crippen LogP) is 4.33. The Balaban J connectivity index is 1.63. The number of fused-ring (bicyclic) bond motifs is 1. The fourth-order valence-corrected chi connectivity index (χ4v) is 4.62. The van der Waals surface area contributed by atoms with Crippen LogP contribution in [0.2, 0.25) is 0 Å². The van der Waals surface area contributed by atoms with Crippen LogP contribution in [0.15, 0.2) is 36.5 Å². The van der Waals surface area contributed by atoms with Gasteiger partial charge in [0.1, 0.15) is 5.69 Å². The second-order valence-corrected chi connectivity index (χ2v) is 9.43. The van der Waals surface area contributed by atoms with Crippen LogP contribution >= 0.6 is 0 Å². The van der Waals surface area contributed by atoms with Crippen LogP contribution in [0.5, 0.6) is 0 Å². The monoisotopic (exact) mass is 436 g/mol. The third-order valence-electron chi connectivity index (χ3n) is 6.42. The van der Waals surface area contributed by atoms with Gasteiger partial charge in [-0.05, 0) is 83.1 Å². The van der Waals surface area contributed by atoms with E-state index in [1.165, 1.54) is 0 Å². The summed E-state index contributed by atoms with van der Waals surface area (Å²) in [5, 5.41) is 28.6. The summed E-state index contributed by atoms with van der Waals surface area (Å²) in [7, 11) is 0. The molecule has 0 radical (unpaired) electrons. The fourth-order valence-electron chi connectivity index (χ4n) is 4.62. The van der Waals surface area contributed by atoms with Gasteiger partial charge in [-0.3, -0.25) is 9.48 Å². The van der Waals surface area contributed by atoms with Gasteiger partial charge in [0.2, 0.25) is 0 Å². The zero-order valence-electron chi connectivity index (χ0n) is 19.0. The van der Waals surface area contributed by atoms with E-state index in [1.807, 2.05) is 36.0 Å². The third-order valence-corrected chi connectivity index (χ3v) is 6.42. The maximum atomic E-state index is 12.8. The molecule has 7 heteroatoms. The molecule has 0 bridgehead atoms. The standard InChI is InChI=1S/C25H32N4O3/c1-16-5-4-6-21(26-16)24(31)27-23-13-18-15-29(19-9-7-17(8-10-19)11-12-30)28-22(18)14-20(23)25(2,3)32/h4-6,13-15,17,19,30,32H,7-12H2,1-3H3,(H,27,31)/t17-,19-. The van der Waals surface area contributed by atoms with Crippen molar-refractivity contribution >= 4 is 22.5 Å². The second kappa shape index (κ2) is 9.00. The van der Waals surface area contributed by atoms with Crippen LogP contribution < -0.4 is 5.32 Å². The van der Waals surface area contributed by atoms with E-state index in [-0.39, 0.29) is 12.5 Å². The van der Waals surface area contributed by atoms with E-state index in [1.54, 1.807) is 26.0 Å². The van der Waals surface area contributed by atoms with Crippen molar-refractivity contribution in [2.75, 3.05) is 11.9 Å². The molecule has 0 saturated heterocycles. The highest BCUT2D eigenvalue weighted by molar-refractivity contribution is 6.04. The maximum Gasteiger partial charge on any atom is 0.274 e. The SMILES string of the molecule is Cc1cccc(C(=O)Nc2cc3cn([C@H]4CC[C@H](CCO)CC4)nc3cc2C(C)(C)O)n1. The second-order valence-electron chi connectivity index (χ2n) is 9.43. The molecule has 1 fully saturated rings. The van der Waals surface area contributed by atoms with E-state index in [0.29, 0.717) is 28.9 Å². The van der Waals surface area contributed by atoms with Crippen LogP contribution in [-0.2, 0) is 5.60 Å². The number of aliphatic hydroxyl groups excluding tert-OH is 1. The molecule has 32 heavy (non-hydrogen) atoms. The summed E-state index contributed by atoms with van der Waals surface area (Å²) in [6, 6.07) is 9.40. The van der Waals surface area contributed by atoms with Gasteiger partial charge in [0, 0.05) is 35.1 Å². The van der Waals surface area contributed by atoms with Crippen molar-refractivity contribution in [1.82, 2.24) is 14.8 Å². The van der Waals surface area contributed by atoms with Crippen molar-refractivity contribution in [1.29, 1.82) is 0 Å². The van der Waals surface area contributed by atoms with Crippen molar-refractivity contribution in [2.24, 2.45) is 5.92 Å². The highest BCUT2D eigenvalue weighted by atomic mass is 16.3. The lowest BCUT2D eigenvalue weighted by atomic mass is 9.84. The summed E-state index contributed by atoms with van der Waals surface area (Å²) in [6.45, 7) is 5.51. The van der Waals surface area contributed by atoms with E-state index >= 15 is 0 Å². The minimum Gasteiger partial charge on any atom is -0.396 e. The maximum absolute atomic E-state index is 12.8. The van der Waals surface area contributed by atoms with Crippen molar-refractivity contribution in [3.63, 3.8) is 0 Å². The van der Waals surface area contributed by atoms with Gasteiger partial charge in [0.15, 0.2) is 0 Å². The number of hydrogen-bond acceptors (Lipinski definition) is 5. The lowest BCUT2D eigenvalue weighted by Crippen LogP contribution is -2.21. The number of nitrogens with one attached hydrogen (secondary N) is 1. The van der Waals surface area contributed by atoms with Gasteiger partial charge < -0.3 is 15.5 Å². The number of aromatic nitrogens is 3. The van der Waals surface area contributed by atoms with E-state index in [0.717, 1.165) is 48.7 Å². The number of nitrogens with zero attached hydrogens (tertiary/aromatic N) is 3. The molecule has 0 atom stereocenters. The number of anilines is 1. The summed E-state index contributed by atoms with van der Waals surface area (Å²) < 4.78 is 2.03. The Labute approximate surface area is 188 Å². The molecule has 1 aromatic carbocycles. The topological polar surface area (TPSA) is 100 Å². The Kier molecular flexibility index (Phi) is 6.31. The lowest BCUT2D eigenvalue weighted by Gasteiger charge is -2.28. The molecule has 0 aliphatic heterocycles. The molecule has 4 rings (SSSR count). The molecule has 1 amide bonds. The first-order valence-electron chi connectivity index (χ1n) is 11.4. The summed E-state index contributed by atoms with van der Waals surface area (Å²) in [5.41, 5.74) is 1.93. The number of rotatable bonds is 6. The number of aliphatic hydroxyl groups is 2. The van der Waals surface area contributed by atoms with Crippen molar-refractivity contribution in [3.8, 4) is 0 Å². The summed E-state index contributed by atoms with van der Waals surface area (Å²) in [6.07, 6.45) is 7.18. The van der Waals surface area contributed by atoms with Gasteiger partial charge in [-0.15, -0.1) is 0 Å². The normalized spacial score (nSPS) is 19.3. The smallest absolute Gasteiger partial charge is 0.274 e. The first kappa shape index (κ1) is 22.4. The summed E-state index contributed by atoms with van der Waals surface area (Å²) in [4.78, 5) is 17.1. The Morgan fingerprint density at radius 2 is 1.97 bits per heavy atom. The van der Waals surface area contributed by atoms with E-state index in [2.05, 4.69) is 10.3 Å². The van der Waals surface area contributed by atoms with Gasteiger partial charge in [-0.2, -0.15) is 5.10 Å². The zero-order chi connectivity index (χ0) is 22.9. The minimum absolute atomic E-state index is 0.257. The van der Waals surface area contributed by atoms with Gasteiger partial charge in [-0.1, -0.05) is 6.07 Å². The van der Waals surface area contributed by atoms with Crippen LogP contribution in [0.25, 0.3) is 10.9 Å². The lowest BCUT2D eigenvalue weighted by molar-refractivity contribution is 0.0793. The molecule has 3 aromatic rings. The molecule has 0 spiro atoms. The number of benzene rings is 1. The molecule has 2 heterocycles. The molecule has 2 aromatic heterocycles. The van der Waals surface area contributed by atoms with Crippen LogP contribution in [0.3, 0.4) is 0 Å². The summed E-state index contributed by atoms with van der Waals surface area (Å²) in [5.74, 6) is 0.285. The fraction of sp³-hybridized carbons (Fsp3) is 0.480. The highest BCUT2D eigenvalue weighted by Gasteiger charge is 2.26. The quantitative estimate of drug-likeness (QED) is 0.534. The van der Waals surface area contributed by atoms with Gasteiger partial charge in [-0.25, -0.2) is 4.98 Å². The zero-order valence-corrected chi connectivity index (χ0v) is 19.0. The van der Waals surface area contributed by atoms with Crippen LogP contribution in [-0.4, -0.2) is 37.5 Å². The Morgan fingerprint density at radius 3 is 2.62 bits per heavy atom. The van der Waals surface area contributed by atoms with Gasteiger partial charge >= 0.3 is 0 Å². The number of carbonyl (C=O) groups excluding carboxylic acids is 1. The average Bonchev–Trinajstić information content (AvgIpc) is 3.16. The van der Waals surface area contributed by atoms with Gasteiger partial charge in [0.05, 0.1) is 17.2 Å². The number of hydrogen-bond donors (Lipinski definition) is 3. The minimum atomic E-state index is -1.15. The number of amides is 1. The van der Waals surface area contributed by atoms with Crippen LogP contribution in [0.1, 0.15) is 73.7 Å². The number of carbonyl (C=O) groups is 1. The molecule has 7 nitrogen and oxygen atoms in total. The van der Waals surface area contributed by atoms with Crippen molar-refractivity contribution in [2.45, 2.75) is 64.5 Å². The van der Waals surface area contributed by atoms with Gasteiger partial charge in [0.25, 0.3) is 5.91 Å². The van der Waals surface area contributed by atoms with E-state index in [4.69, 9.17) is 5.10 Å².